The zero-order valence-electron chi connectivity index (χ0n) is 18.2. The van der Waals surface area contributed by atoms with Gasteiger partial charge in [0.15, 0.2) is 5.17 Å². The zero-order valence-corrected chi connectivity index (χ0v) is 19.0. The highest BCUT2D eigenvalue weighted by Gasteiger charge is 2.41. The molecule has 8 nitrogen and oxygen atoms in total. The van der Waals surface area contributed by atoms with E-state index in [2.05, 4.69) is 15.3 Å². The Morgan fingerprint density at radius 2 is 1.88 bits per heavy atom. The van der Waals surface area contributed by atoms with E-state index in [1.807, 2.05) is 54.6 Å². The number of esters is 1. The monoisotopic (exact) mass is 464 g/mol. The molecule has 0 fully saturated rings. The molecule has 9 heteroatoms. The number of rotatable bonds is 8. The number of amides is 2. The highest BCUT2D eigenvalue weighted by molar-refractivity contribution is 8.14. The second-order valence-electron chi connectivity index (χ2n) is 7.45. The van der Waals surface area contributed by atoms with Crippen LogP contribution in [0.1, 0.15) is 30.9 Å². The van der Waals surface area contributed by atoms with Gasteiger partial charge in [0, 0.05) is 18.5 Å². The Morgan fingerprint density at radius 1 is 1.12 bits per heavy atom. The largest absolute Gasteiger partial charge is 0.465 e. The lowest BCUT2D eigenvalue weighted by Crippen LogP contribution is -2.41. The van der Waals surface area contributed by atoms with Crippen LogP contribution >= 0.6 is 11.8 Å². The molecular weight excluding hydrogens is 440 g/mol. The van der Waals surface area contributed by atoms with Crippen LogP contribution < -0.4 is 5.32 Å². The van der Waals surface area contributed by atoms with Crippen molar-refractivity contribution in [1.29, 1.82) is 0 Å². The number of thioether (sulfide) groups is 1. The highest BCUT2D eigenvalue weighted by Crippen LogP contribution is 2.34. The Bertz CT molecular complexity index is 1120. The molecule has 0 saturated heterocycles. The predicted octanol–water partition coefficient (Wildman–Crippen LogP) is 3.04. The van der Waals surface area contributed by atoms with E-state index < -0.39 is 6.04 Å². The summed E-state index contributed by atoms with van der Waals surface area (Å²) in [5, 5.41) is 3.27. The van der Waals surface area contributed by atoms with Crippen LogP contribution in [0, 0.1) is 0 Å². The Kier molecular flexibility index (Phi) is 7.19. The third-order valence-corrected chi connectivity index (χ3v) is 6.06. The topological polar surface area (TPSA) is 100 Å². The summed E-state index contributed by atoms with van der Waals surface area (Å²) in [6.45, 7) is 2.47. The molecule has 1 unspecified atom stereocenters. The fourth-order valence-electron chi connectivity index (χ4n) is 3.57. The number of hydrogen-bond donors (Lipinski definition) is 1. The second kappa shape index (κ2) is 10.4. The maximum Gasteiger partial charge on any atom is 0.316 e. The molecular formula is C24H24N4O4S. The minimum Gasteiger partial charge on any atom is -0.465 e. The van der Waals surface area contributed by atoms with Crippen molar-refractivity contribution in [2.45, 2.75) is 32.4 Å². The molecule has 4 rings (SSSR count). The first-order chi connectivity index (χ1) is 16.1. The van der Waals surface area contributed by atoms with E-state index >= 15 is 0 Å². The Labute approximate surface area is 196 Å². The normalized spacial score (nSPS) is 16.5. The van der Waals surface area contributed by atoms with Crippen molar-refractivity contribution in [2.75, 3.05) is 12.4 Å². The molecule has 2 amide bonds. The van der Waals surface area contributed by atoms with Gasteiger partial charge in [-0.15, -0.1) is 0 Å². The molecule has 170 valence electrons. The number of aliphatic imine (C=N–C) groups is 2. The van der Waals surface area contributed by atoms with E-state index in [1.165, 1.54) is 4.90 Å². The lowest BCUT2D eigenvalue weighted by molar-refractivity contribution is -0.139. The predicted molar refractivity (Wildman–Crippen MR) is 127 cm³/mol. The van der Waals surface area contributed by atoms with E-state index in [1.54, 1.807) is 6.92 Å². The summed E-state index contributed by atoms with van der Waals surface area (Å²) in [4.78, 5) is 48.0. The van der Waals surface area contributed by atoms with Gasteiger partial charge in [0.25, 0.3) is 5.91 Å². The van der Waals surface area contributed by atoms with Crippen LogP contribution in [0.15, 0.2) is 64.6 Å². The Balaban J connectivity index is 1.44. The van der Waals surface area contributed by atoms with Gasteiger partial charge in [-0.3, -0.25) is 19.4 Å². The van der Waals surface area contributed by atoms with E-state index in [9.17, 15) is 14.4 Å². The molecule has 0 spiro atoms. The van der Waals surface area contributed by atoms with E-state index in [-0.39, 0.29) is 36.4 Å². The molecule has 0 aliphatic carbocycles. The average Bonchev–Trinajstić information content (AvgIpc) is 3.17. The van der Waals surface area contributed by atoms with Crippen molar-refractivity contribution in [1.82, 2.24) is 10.2 Å². The van der Waals surface area contributed by atoms with E-state index in [0.29, 0.717) is 29.8 Å². The molecule has 1 atom stereocenters. The van der Waals surface area contributed by atoms with Crippen molar-refractivity contribution >= 4 is 46.2 Å². The summed E-state index contributed by atoms with van der Waals surface area (Å²) in [7, 11) is 0. The van der Waals surface area contributed by atoms with Crippen molar-refractivity contribution in [3.8, 4) is 0 Å². The van der Waals surface area contributed by atoms with Crippen molar-refractivity contribution in [3.63, 3.8) is 0 Å². The van der Waals surface area contributed by atoms with Crippen LogP contribution in [0.2, 0.25) is 0 Å². The van der Waals surface area contributed by atoms with Gasteiger partial charge in [-0.1, -0.05) is 54.2 Å². The van der Waals surface area contributed by atoms with Crippen molar-refractivity contribution in [2.24, 2.45) is 9.98 Å². The molecule has 0 bridgehead atoms. The number of hydrogen-bond acceptors (Lipinski definition) is 7. The molecule has 0 radical (unpaired) electrons. The third-order valence-electron chi connectivity index (χ3n) is 5.15. The van der Waals surface area contributed by atoms with Crippen LogP contribution in [0.25, 0.3) is 0 Å². The average molecular weight is 465 g/mol. The Hall–Kier alpha value is -3.46. The molecule has 1 N–H and O–H groups in total. The molecule has 2 aromatic rings. The highest BCUT2D eigenvalue weighted by atomic mass is 32.2. The molecule has 2 aliphatic rings. The SMILES string of the molecule is CCOC(=O)CSC1=Nc2ccccc2C2=NC(CCC(=O)NCc3ccccc3)C(=O)N12. The number of nitrogens with one attached hydrogen (secondary N) is 1. The summed E-state index contributed by atoms with van der Waals surface area (Å²) in [5.74, 6) is -0.209. The minimum absolute atomic E-state index is 0.0401. The fraction of sp³-hybridized carbons (Fsp3) is 0.292. The first-order valence-corrected chi connectivity index (χ1v) is 11.7. The standard InChI is InChI=1S/C24H24N4O4S/c1-2-32-21(30)15-33-24-27-18-11-7-6-10-17(18)22-26-19(23(31)28(22)24)12-13-20(29)25-14-16-8-4-3-5-9-16/h3-11,19H,2,12-15H2,1H3,(H,25,29). The van der Waals surface area contributed by atoms with Crippen LogP contribution in [-0.2, 0) is 25.7 Å². The van der Waals surface area contributed by atoms with Crippen LogP contribution in [0.3, 0.4) is 0 Å². The summed E-state index contributed by atoms with van der Waals surface area (Å²) < 4.78 is 4.99. The lowest BCUT2D eigenvalue weighted by atomic mass is 10.1. The lowest BCUT2D eigenvalue weighted by Gasteiger charge is -2.25. The van der Waals surface area contributed by atoms with Crippen LogP contribution in [0.5, 0.6) is 0 Å². The van der Waals surface area contributed by atoms with Gasteiger partial charge in [-0.05, 0) is 31.0 Å². The molecule has 33 heavy (non-hydrogen) atoms. The summed E-state index contributed by atoms with van der Waals surface area (Å²) in [6, 6.07) is 16.4. The molecule has 2 aliphatic heterocycles. The number of nitrogens with zero attached hydrogens (tertiary/aromatic N) is 3. The number of amidine groups is 2. The molecule has 0 aromatic heterocycles. The quantitative estimate of drug-likeness (QED) is 0.606. The molecule has 0 saturated carbocycles. The number of para-hydroxylation sites is 1. The van der Waals surface area contributed by atoms with Gasteiger partial charge >= 0.3 is 5.97 Å². The third kappa shape index (κ3) is 5.31. The van der Waals surface area contributed by atoms with Crippen LogP contribution in [-0.4, -0.2) is 52.1 Å². The van der Waals surface area contributed by atoms with Crippen molar-refractivity contribution in [3.05, 3.63) is 65.7 Å². The van der Waals surface area contributed by atoms with Gasteiger partial charge in [0.05, 0.1) is 18.0 Å². The van der Waals surface area contributed by atoms with Gasteiger partial charge in [0.1, 0.15) is 11.9 Å². The number of carbonyl (C=O) groups excluding carboxylic acids is 3. The van der Waals surface area contributed by atoms with Crippen molar-refractivity contribution < 1.29 is 19.1 Å². The fourth-order valence-corrected chi connectivity index (χ4v) is 4.36. The van der Waals surface area contributed by atoms with E-state index in [4.69, 9.17) is 4.74 Å². The minimum atomic E-state index is -0.679. The summed E-state index contributed by atoms with van der Waals surface area (Å²) >= 11 is 1.14. The zero-order chi connectivity index (χ0) is 23.2. The smallest absolute Gasteiger partial charge is 0.316 e. The Morgan fingerprint density at radius 3 is 2.67 bits per heavy atom. The first kappa shape index (κ1) is 22.7. The number of fused-ring (bicyclic) bond motifs is 3. The summed E-state index contributed by atoms with van der Waals surface area (Å²) in [5.41, 5.74) is 2.45. The van der Waals surface area contributed by atoms with Gasteiger partial charge < -0.3 is 10.1 Å². The second-order valence-corrected chi connectivity index (χ2v) is 8.39. The first-order valence-electron chi connectivity index (χ1n) is 10.8. The number of benzene rings is 2. The van der Waals surface area contributed by atoms with Gasteiger partial charge in [-0.25, -0.2) is 9.89 Å². The number of ether oxygens (including phenoxy) is 1. The summed E-state index contributed by atoms with van der Waals surface area (Å²) in [6.07, 6.45) is 0.468. The molecule has 2 aromatic carbocycles. The van der Waals surface area contributed by atoms with E-state index in [0.717, 1.165) is 22.9 Å². The maximum atomic E-state index is 13.2. The van der Waals surface area contributed by atoms with Gasteiger partial charge in [0.2, 0.25) is 5.91 Å². The number of carbonyl (C=O) groups is 3. The maximum absolute atomic E-state index is 13.2. The van der Waals surface area contributed by atoms with Gasteiger partial charge in [-0.2, -0.15) is 0 Å². The van der Waals surface area contributed by atoms with Crippen LogP contribution in [0.4, 0.5) is 5.69 Å². The molecule has 2 heterocycles.